The SMILES string of the molecule is COc1ccc(CN(Cc2ccc(OC)cc2)c2ncnc3c2ccn3[C@@H]2O[C@H]([C@@H]3OCOCc4cc(Cl)ccc43)[C@H]3OC(C)(C)O[C@H]32)cc1. The predicted octanol–water partition coefficient (Wildman–Crippen LogP) is 6.97. The summed E-state index contributed by atoms with van der Waals surface area (Å²) in [5.74, 6) is 1.59. The van der Waals surface area contributed by atoms with Gasteiger partial charge in [-0.1, -0.05) is 41.9 Å². The number of aromatic nitrogens is 3. The van der Waals surface area contributed by atoms with Crippen LogP contribution in [0.3, 0.4) is 0 Å². The zero-order valence-corrected chi connectivity index (χ0v) is 29.1. The molecule has 260 valence electrons. The number of ether oxygens (including phenoxy) is 7. The fourth-order valence-electron chi connectivity index (χ4n) is 7.21. The molecule has 0 unspecified atom stereocenters. The zero-order chi connectivity index (χ0) is 34.4. The highest BCUT2D eigenvalue weighted by Crippen LogP contribution is 2.49. The van der Waals surface area contributed by atoms with Crippen LogP contribution in [0.1, 0.15) is 48.4 Å². The highest BCUT2D eigenvalue weighted by atomic mass is 35.5. The van der Waals surface area contributed by atoms with E-state index in [9.17, 15) is 0 Å². The monoisotopic (exact) mass is 698 g/mol. The van der Waals surface area contributed by atoms with E-state index in [4.69, 9.17) is 54.7 Å². The van der Waals surface area contributed by atoms with Crippen molar-refractivity contribution in [1.82, 2.24) is 14.5 Å². The van der Waals surface area contributed by atoms with Crippen molar-refractivity contribution in [3.05, 3.63) is 113 Å². The highest BCUT2D eigenvalue weighted by Gasteiger charge is 2.58. The normalized spacial score (nSPS) is 24.1. The van der Waals surface area contributed by atoms with Crippen LogP contribution >= 0.6 is 11.6 Å². The third-order valence-electron chi connectivity index (χ3n) is 9.49. The number of hydrogen-bond acceptors (Lipinski definition) is 10. The Morgan fingerprint density at radius 2 is 1.54 bits per heavy atom. The molecule has 5 aromatic rings. The molecular weight excluding hydrogens is 660 g/mol. The van der Waals surface area contributed by atoms with E-state index in [-0.39, 0.29) is 6.79 Å². The summed E-state index contributed by atoms with van der Waals surface area (Å²) < 4.78 is 44.8. The number of hydrogen-bond donors (Lipinski definition) is 0. The van der Waals surface area contributed by atoms with E-state index in [2.05, 4.69) is 29.2 Å². The fraction of sp³-hybridized carbons (Fsp3) is 0.368. The summed E-state index contributed by atoms with van der Waals surface area (Å²) in [5, 5.41) is 1.52. The smallest absolute Gasteiger partial charge is 0.164 e. The Kier molecular flexibility index (Phi) is 8.88. The van der Waals surface area contributed by atoms with Crippen molar-refractivity contribution in [2.75, 3.05) is 25.9 Å². The number of nitrogens with zero attached hydrogens (tertiary/aromatic N) is 4. The molecule has 0 amide bonds. The third-order valence-corrected chi connectivity index (χ3v) is 9.73. The van der Waals surface area contributed by atoms with E-state index in [0.717, 1.165) is 50.6 Å². The van der Waals surface area contributed by atoms with E-state index in [0.29, 0.717) is 24.7 Å². The quantitative estimate of drug-likeness (QED) is 0.161. The molecule has 0 N–H and O–H groups in total. The molecule has 3 aliphatic rings. The molecule has 2 aromatic heterocycles. The van der Waals surface area contributed by atoms with Gasteiger partial charge in [0.15, 0.2) is 12.0 Å². The van der Waals surface area contributed by atoms with Crippen LogP contribution in [0.25, 0.3) is 11.0 Å². The van der Waals surface area contributed by atoms with Crippen molar-refractivity contribution >= 4 is 28.5 Å². The van der Waals surface area contributed by atoms with Crippen LogP contribution in [0.5, 0.6) is 11.5 Å². The number of methoxy groups -OCH3 is 2. The van der Waals surface area contributed by atoms with Crippen LogP contribution < -0.4 is 14.4 Å². The molecule has 5 atom stereocenters. The summed E-state index contributed by atoms with van der Waals surface area (Å²) in [6.07, 6.45) is 1.25. The molecule has 0 radical (unpaired) electrons. The van der Waals surface area contributed by atoms with Crippen LogP contribution in [0.2, 0.25) is 5.02 Å². The molecule has 2 fully saturated rings. The Morgan fingerprint density at radius 3 is 2.22 bits per heavy atom. The van der Waals surface area contributed by atoms with Crippen LogP contribution in [0, 0.1) is 0 Å². The van der Waals surface area contributed by atoms with Crippen molar-refractivity contribution in [2.24, 2.45) is 0 Å². The third kappa shape index (κ3) is 6.30. The lowest BCUT2D eigenvalue weighted by Crippen LogP contribution is -2.35. The van der Waals surface area contributed by atoms with Gasteiger partial charge in [0.05, 0.1) is 26.2 Å². The molecule has 11 nitrogen and oxygen atoms in total. The molecule has 5 heterocycles. The van der Waals surface area contributed by atoms with Gasteiger partial charge in [0.25, 0.3) is 0 Å². The lowest BCUT2D eigenvalue weighted by Gasteiger charge is -2.29. The van der Waals surface area contributed by atoms with Gasteiger partial charge in [-0.25, -0.2) is 9.97 Å². The van der Waals surface area contributed by atoms with Crippen LogP contribution in [-0.4, -0.2) is 59.6 Å². The van der Waals surface area contributed by atoms with Gasteiger partial charge >= 0.3 is 0 Å². The van der Waals surface area contributed by atoms with Crippen molar-refractivity contribution in [3.63, 3.8) is 0 Å². The Morgan fingerprint density at radius 1 is 0.860 bits per heavy atom. The van der Waals surface area contributed by atoms with E-state index >= 15 is 0 Å². The van der Waals surface area contributed by atoms with Gasteiger partial charge in [0.1, 0.15) is 60.5 Å². The number of rotatable bonds is 9. The lowest BCUT2D eigenvalue weighted by molar-refractivity contribution is -0.218. The molecule has 2 saturated heterocycles. The summed E-state index contributed by atoms with van der Waals surface area (Å²) in [6.45, 7) is 5.57. The summed E-state index contributed by atoms with van der Waals surface area (Å²) in [4.78, 5) is 11.9. The Bertz CT molecular complexity index is 1920. The molecule has 0 bridgehead atoms. The molecule has 12 heteroatoms. The molecule has 0 spiro atoms. The van der Waals surface area contributed by atoms with Crippen molar-refractivity contribution in [1.29, 1.82) is 0 Å². The van der Waals surface area contributed by atoms with Crippen molar-refractivity contribution in [3.8, 4) is 11.5 Å². The van der Waals surface area contributed by atoms with Gasteiger partial charge < -0.3 is 42.6 Å². The first-order chi connectivity index (χ1) is 24.3. The molecule has 3 aliphatic heterocycles. The highest BCUT2D eigenvalue weighted by molar-refractivity contribution is 6.30. The van der Waals surface area contributed by atoms with Gasteiger partial charge in [0, 0.05) is 24.3 Å². The van der Waals surface area contributed by atoms with E-state index in [1.807, 2.05) is 73.1 Å². The minimum absolute atomic E-state index is 0.115. The second-order valence-corrected chi connectivity index (χ2v) is 13.6. The molecule has 0 aliphatic carbocycles. The van der Waals surface area contributed by atoms with Gasteiger partial charge in [-0.3, -0.25) is 0 Å². The van der Waals surface area contributed by atoms with Crippen LogP contribution in [0.15, 0.2) is 85.3 Å². The fourth-order valence-corrected chi connectivity index (χ4v) is 7.40. The standard InChI is InChI=1S/C38H39ClN4O7/c1-38(2)49-33-32(31-29-14-9-26(39)17-25(29)20-46-22-47-31)48-37(34(33)50-38)43-16-15-30-35(40-21-41-36(30)43)42(18-23-5-10-27(44-3)11-6-23)19-24-7-12-28(45-4)13-8-24/h5-17,21,31-34,37H,18-20,22H2,1-4H3/t31-,32-,33-,34-,37-/m1/s1. The van der Waals surface area contributed by atoms with Gasteiger partial charge in [-0.2, -0.15) is 0 Å². The topological polar surface area (TPSA) is 98.6 Å². The minimum Gasteiger partial charge on any atom is -0.497 e. The van der Waals surface area contributed by atoms with Gasteiger partial charge in [-0.05, 0) is 78.6 Å². The lowest BCUT2D eigenvalue weighted by atomic mass is 9.95. The number of fused-ring (bicyclic) bond motifs is 3. The predicted molar refractivity (Wildman–Crippen MR) is 186 cm³/mol. The number of anilines is 1. The van der Waals surface area contributed by atoms with Crippen LogP contribution in [0.4, 0.5) is 5.82 Å². The van der Waals surface area contributed by atoms with Gasteiger partial charge in [0.2, 0.25) is 0 Å². The van der Waals surface area contributed by atoms with Gasteiger partial charge in [-0.15, -0.1) is 0 Å². The zero-order valence-electron chi connectivity index (χ0n) is 28.3. The van der Waals surface area contributed by atoms with Crippen molar-refractivity contribution < 1.29 is 33.2 Å². The van der Waals surface area contributed by atoms with E-state index < -0.39 is 36.4 Å². The molecule has 0 saturated carbocycles. The summed E-state index contributed by atoms with van der Waals surface area (Å²) in [6, 6.07) is 24.0. The van der Waals surface area contributed by atoms with E-state index in [1.54, 1.807) is 20.5 Å². The second kappa shape index (κ2) is 13.5. The molecule has 50 heavy (non-hydrogen) atoms. The largest absolute Gasteiger partial charge is 0.497 e. The molecule has 8 rings (SSSR count). The van der Waals surface area contributed by atoms with Crippen LogP contribution in [-0.2, 0) is 43.4 Å². The maximum absolute atomic E-state index is 6.89. The number of benzene rings is 3. The summed E-state index contributed by atoms with van der Waals surface area (Å²) >= 11 is 6.36. The second-order valence-electron chi connectivity index (χ2n) is 13.2. The van der Waals surface area contributed by atoms with Crippen molar-refractivity contribution in [2.45, 2.75) is 70.0 Å². The molecular formula is C38H39ClN4O7. The van der Waals surface area contributed by atoms with E-state index in [1.165, 1.54) is 0 Å². The Hall–Kier alpha value is -4.23. The Balaban J connectivity index is 1.16. The first-order valence-electron chi connectivity index (χ1n) is 16.6. The average Bonchev–Trinajstić information content (AvgIpc) is 3.74. The first-order valence-corrected chi connectivity index (χ1v) is 17.0. The Labute approximate surface area is 295 Å². The summed E-state index contributed by atoms with van der Waals surface area (Å²) in [5.41, 5.74) is 4.86. The first kappa shape index (κ1) is 32.9. The minimum atomic E-state index is -0.823. The molecule has 3 aromatic carbocycles. The summed E-state index contributed by atoms with van der Waals surface area (Å²) in [7, 11) is 3.34. The maximum atomic E-state index is 6.89. The maximum Gasteiger partial charge on any atom is 0.164 e. The number of halogens is 1. The average molecular weight is 699 g/mol.